The number of anilines is 2. The van der Waals surface area contributed by atoms with Crippen molar-refractivity contribution in [3.05, 3.63) is 47.5 Å². The molecule has 1 aromatic heterocycles. The van der Waals surface area contributed by atoms with Gasteiger partial charge < -0.3 is 10.6 Å². The number of fused-ring (bicyclic) bond motifs is 1. The van der Waals surface area contributed by atoms with Crippen LogP contribution in [0.2, 0.25) is 0 Å². The van der Waals surface area contributed by atoms with Crippen molar-refractivity contribution in [2.24, 2.45) is 0 Å². The topological polar surface area (TPSA) is 66.9 Å². The van der Waals surface area contributed by atoms with E-state index in [-0.39, 0.29) is 6.03 Å². The van der Waals surface area contributed by atoms with Gasteiger partial charge in [-0.25, -0.2) is 4.79 Å². The summed E-state index contributed by atoms with van der Waals surface area (Å²) < 4.78 is 4.87. The van der Waals surface area contributed by atoms with Gasteiger partial charge in [0.2, 0.25) is 0 Å². The summed E-state index contributed by atoms with van der Waals surface area (Å²) in [6.45, 7) is 4.05. The molecule has 1 heterocycles. The lowest BCUT2D eigenvalue weighted by atomic mass is 10.1. The van der Waals surface area contributed by atoms with Crippen LogP contribution in [-0.2, 0) is 0 Å². The van der Waals surface area contributed by atoms with Crippen LogP contribution >= 0.6 is 11.5 Å². The Labute approximate surface area is 126 Å². The first-order valence-corrected chi connectivity index (χ1v) is 7.26. The minimum Gasteiger partial charge on any atom is -0.308 e. The summed E-state index contributed by atoms with van der Waals surface area (Å²) in [5, 5.41) is 9.60. The lowest BCUT2D eigenvalue weighted by Gasteiger charge is -2.09. The van der Waals surface area contributed by atoms with Gasteiger partial charge in [-0.3, -0.25) is 0 Å². The largest absolute Gasteiger partial charge is 0.323 e. The van der Waals surface area contributed by atoms with Gasteiger partial charge in [0.25, 0.3) is 0 Å². The standard InChI is InChI=1S/C15H14N4OS/c1-9-3-4-11(7-10(9)2)16-15(20)17-12-5-6-14-13(8-12)18-19-21-14/h3-8H,1-2H3,(H2,16,17,20). The molecular weight excluding hydrogens is 284 g/mol. The molecule has 0 spiro atoms. The van der Waals surface area contributed by atoms with Gasteiger partial charge in [-0.15, -0.1) is 5.10 Å². The van der Waals surface area contributed by atoms with Gasteiger partial charge in [0.05, 0.1) is 4.70 Å². The van der Waals surface area contributed by atoms with E-state index in [0.29, 0.717) is 5.69 Å². The SMILES string of the molecule is Cc1ccc(NC(=O)Nc2ccc3snnc3c2)cc1C. The second-order valence-corrected chi connectivity index (χ2v) is 5.62. The molecule has 3 aromatic rings. The summed E-state index contributed by atoms with van der Waals surface area (Å²) in [6, 6.07) is 11.1. The maximum absolute atomic E-state index is 12.0. The summed E-state index contributed by atoms with van der Waals surface area (Å²) in [4.78, 5) is 12.0. The lowest BCUT2D eigenvalue weighted by molar-refractivity contribution is 0.262. The molecule has 0 aliphatic rings. The van der Waals surface area contributed by atoms with E-state index in [1.165, 1.54) is 17.1 Å². The molecule has 2 aromatic carbocycles. The molecule has 0 aliphatic heterocycles. The monoisotopic (exact) mass is 298 g/mol. The van der Waals surface area contributed by atoms with Crippen LogP contribution in [0.1, 0.15) is 11.1 Å². The third-order valence-corrected chi connectivity index (χ3v) is 3.97. The molecule has 0 bridgehead atoms. The molecule has 0 saturated carbocycles. The molecule has 0 radical (unpaired) electrons. The normalized spacial score (nSPS) is 10.6. The van der Waals surface area contributed by atoms with E-state index in [2.05, 4.69) is 20.2 Å². The third kappa shape index (κ3) is 3.00. The summed E-state index contributed by atoms with van der Waals surface area (Å²) in [5.41, 5.74) is 4.58. The van der Waals surface area contributed by atoms with E-state index in [9.17, 15) is 4.79 Å². The van der Waals surface area contributed by atoms with Crippen LogP contribution < -0.4 is 10.6 Å². The van der Waals surface area contributed by atoms with Crippen molar-refractivity contribution in [1.29, 1.82) is 0 Å². The Hall–Kier alpha value is -2.47. The first kappa shape index (κ1) is 13.5. The van der Waals surface area contributed by atoms with Gasteiger partial charge in [0.1, 0.15) is 5.52 Å². The number of hydrogen-bond donors (Lipinski definition) is 2. The van der Waals surface area contributed by atoms with Gasteiger partial charge >= 0.3 is 6.03 Å². The lowest BCUT2D eigenvalue weighted by Crippen LogP contribution is -2.19. The van der Waals surface area contributed by atoms with E-state index in [4.69, 9.17) is 0 Å². The molecule has 2 N–H and O–H groups in total. The van der Waals surface area contributed by atoms with Crippen molar-refractivity contribution in [3.8, 4) is 0 Å². The molecule has 3 rings (SSSR count). The number of carbonyl (C=O) groups is 1. The summed E-state index contributed by atoms with van der Waals surface area (Å²) in [6.07, 6.45) is 0. The van der Waals surface area contributed by atoms with Crippen molar-refractivity contribution in [2.45, 2.75) is 13.8 Å². The fourth-order valence-electron chi connectivity index (χ4n) is 1.97. The summed E-state index contributed by atoms with van der Waals surface area (Å²) in [5.74, 6) is 0. The zero-order valence-corrected chi connectivity index (χ0v) is 12.5. The maximum Gasteiger partial charge on any atom is 0.323 e. The van der Waals surface area contributed by atoms with Gasteiger partial charge in [-0.2, -0.15) is 0 Å². The number of hydrogen-bond acceptors (Lipinski definition) is 4. The highest BCUT2D eigenvalue weighted by atomic mass is 32.1. The Morgan fingerprint density at radius 2 is 1.71 bits per heavy atom. The molecule has 0 aliphatic carbocycles. The average molecular weight is 298 g/mol. The number of urea groups is 1. The molecule has 2 amide bonds. The van der Waals surface area contributed by atoms with Crippen LogP contribution in [0.3, 0.4) is 0 Å². The predicted octanol–water partition coefficient (Wildman–Crippen LogP) is 3.95. The summed E-state index contributed by atoms with van der Waals surface area (Å²) in [7, 11) is 0. The Balaban J connectivity index is 1.71. The van der Waals surface area contributed by atoms with Gasteiger partial charge in [-0.1, -0.05) is 10.6 Å². The molecular formula is C15H14N4OS. The molecule has 5 nitrogen and oxygen atoms in total. The molecule has 0 atom stereocenters. The van der Waals surface area contributed by atoms with E-state index in [1.807, 2.05) is 44.2 Å². The molecule has 0 unspecified atom stereocenters. The third-order valence-electron chi connectivity index (χ3n) is 3.27. The molecule has 106 valence electrons. The number of nitrogens with zero attached hydrogens (tertiary/aromatic N) is 2. The Kier molecular flexibility index (Phi) is 3.53. The van der Waals surface area contributed by atoms with Crippen molar-refractivity contribution in [2.75, 3.05) is 10.6 Å². The van der Waals surface area contributed by atoms with Crippen molar-refractivity contribution >= 4 is 39.2 Å². The number of aryl methyl sites for hydroxylation is 2. The van der Waals surface area contributed by atoms with E-state index in [0.717, 1.165) is 21.5 Å². The van der Waals surface area contributed by atoms with Gasteiger partial charge in [-0.05, 0) is 66.8 Å². The highest BCUT2D eigenvalue weighted by molar-refractivity contribution is 7.12. The zero-order chi connectivity index (χ0) is 14.8. The molecule has 21 heavy (non-hydrogen) atoms. The maximum atomic E-state index is 12.0. The number of aromatic nitrogens is 2. The van der Waals surface area contributed by atoms with E-state index >= 15 is 0 Å². The van der Waals surface area contributed by atoms with Crippen molar-refractivity contribution < 1.29 is 4.79 Å². The van der Waals surface area contributed by atoms with Crippen LogP contribution in [0, 0.1) is 13.8 Å². The first-order chi connectivity index (χ1) is 10.1. The second-order valence-electron chi connectivity index (χ2n) is 4.83. The Morgan fingerprint density at radius 3 is 2.48 bits per heavy atom. The van der Waals surface area contributed by atoms with Crippen LogP contribution in [-0.4, -0.2) is 15.6 Å². The summed E-state index contributed by atoms with van der Waals surface area (Å²) >= 11 is 1.33. The molecule has 0 fully saturated rings. The van der Waals surface area contributed by atoms with Gasteiger partial charge in [0.15, 0.2) is 0 Å². The van der Waals surface area contributed by atoms with E-state index < -0.39 is 0 Å². The van der Waals surface area contributed by atoms with E-state index in [1.54, 1.807) is 6.07 Å². The van der Waals surface area contributed by atoms with Gasteiger partial charge in [0, 0.05) is 11.4 Å². The number of benzene rings is 2. The van der Waals surface area contributed by atoms with Crippen LogP contribution in [0.4, 0.5) is 16.2 Å². The first-order valence-electron chi connectivity index (χ1n) is 6.49. The van der Waals surface area contributed by atoms with Crippen LogP contribution in [0.15, 0.2) is 36.4 Å². The molecule has 0 saturated heterocycles. The highest BCUT2D eigenvalue weighted by Gasteiger charge is 2.05. The minimum absolute atomic E-state index is 0.277. The van der Waals surface area contributed by atoms with Crippen LogP contribution in [0.5, 0.6) is 0 Å². The van der Waals surface area contributed by atoms with Crippen LogP contribution in [0.25, 0.3) is 10.2 Å². The average Bonchev–Trinajstić information content (AvgIpc) is 2.90. The van der Waals surface area contributed by atoms with Crippen molar-refractivity contribution in [1.82, 2.24) is 9.59 Å². The number of rotatable bonds is 2. The Morgan fingerprint density at radius 1 is 1.00 bits per heavy atom. The second kappa shape index (κ2) is 5.49. The fourth-order valence-corrected chi connectivity index (χ4v) is 2.51. The Bertz CT molecular complexity index is 812. The van der Waals surface area contributed by atoms with Crippen molar-refractivity contribution in [3.63, 3.8) is 0 Å². The highest BCUT2D eigenvalue weighted by Crippen LogP contribution is 2.20. The number of carbonyl (C=O) groups excluding carboxylic acids is 1. The quantitative estimate of drug-likeness (QED) is 0.752. The smallest absolute Gasteiger partial charge is 0.308 e. The fraction of sp³-hybridized carbons (Fsp3) is 0.133. The minimum atomic E-state index is -0.277. The predicted molar refractivity (Wildman–Crippen MR) is 86.0 cm³/mol. The molecule has 6 heteroatoms. The zero-order valence-electron chi connectivity index (χ0n) is 11.7. The number of nitrogens with one attached hydrogen (secondary N) is 2. The number of amides is 2.